The van der Waals surface area contributed by atoms with E-state index in [9.17, 15) is 4.79 Å². The van der Waals surface area contributed by atoms with Crippen molar-refractivity contribution in [2.75, 3.05) is 6.61 Å². The van der Waals surface area contributed by atoms with Gasteiger partial charge < -0.3 is 15.8 Å². The zero-order valence-electron chi connectivity index (χ0n) is 11.3. The van der Waals surface area contributed by atoms with E-state index in [4.69, 9.17) is 10.5 Å². The lowest BCUT2D eigenvalue weighted by Crippen LogP contribution is -2.69. The van der Waals surface area contributed by atoms with Crippen LogP contribution in [0.15, 0.2) is 0 Å². The first kappa shape index (κ1) is 12.4. The van der Waals surface area contributed by atoms with E-state index in [2.05, 4.69) is 19.2 Å². The van der Waals surface area contributed by atoms with Crippen molar-refractivity contribution in [1.82, 2.24) is 5.32 Å². The molecule has 4 heteroatoms. The van der Waals surface area contributed by atoms with Crippen molar-refractivity contribution in [2.24, 2.45) is 23.0 Å². The van der Waals surface area contributed by atoms with Gasteiger partial charge in [-0.15, -0.1) is 0 Å². The summed E-state index contributed by atoms with van der Waals surface area (Å²) in [5, 5.41) is 3.15. The topological polar surface area (TPSA) is 64.4 Å². The summed E-state index contributed by atoms with van der Waals surface area (Å²) in [4.78, 5) is 12.4. The number of hydrogen-bond donors (Lipinski definition) is 2. The molecular formula is C14H24N2O2. The van der Waals surface area contributed by atoms with E-state index in [-0.39, 0.29) is 35.4 Å². The molecule has 4 nitrogen and oxygen atoms in total. The van der Waals surface area contributed by atoms with Crippen LogP contribution in [0.1, 0.15) is 39.5 Å². The molecule has 5 atom stereocenters. The number of nitrogens with one attached hydrogen (secondary N) is 1. The molecule has 1 saturated heterocycles. The van der Waals surface area contributed by atoms with Gasteiger partial charge in [0, 0.05) is 24.5 Å². The van der Waals surface area contributed by atoms with E-state index in [1.54, 1.807) is 0 Å². The van der Waals surface area contributed by atoms with Crippen molar-refractivity contribution in [1.29, 1.82) is 0 Å². The Kier molecular flexibility index (Phi) is 2.90. The zero-order chi connectivity index (χ0) is 12.9. The minimum atomic E-state index is 0.0430. The molecule has 18 heavy (non-hydrogen) atoms. The van der Waals surface area contributed by atoms with Crippen LogP contribution >= 0.6 is 0 Å². The Bertz CT molecular complexity index is 356. The first-order chi connectivity index (χ1) is 8.50. The fourth-order valence-corrected chi connectivity index (χ4v) is 4.01. The average Bonchev–Trinajstić information content (AvgIpc) is 2.89. The first-order valence-corrected chi connectivity index (χ1v) is 7.18. The minimum absolute atomic E-state index is 0.0430. The van der Waals surface area contributed by atoms with Crippen LogP contribution < -0.4 is 11.1 Å². The predicted molar refractivity (Wildman–Crippen MR) is 68.9 cm³/mol. The lowest BCUT2D eigenvalue weighted by molar-refractivity contribution is -0.132. The maximum atomic E-state index is 12.4. The summed E-state index contributed by atoms with van der Waals surface area (Å²) in [7, 11) is 0. The SMILES string of the molecule is CC1(C)CCCC1C(=O)NC1C(N)C2CCOC21. The number of nitrogens with two attached hydrogens (primary N) is 1. The third-order valence-corrected chi connectivity index (χ3v) is 5.33. The van der Waals surface area contributed by atoms with E-state index in [1.807, 2.05) is 0 Å². The molecule has 1 heterocycles. The zero-order valence-corrected chi connectivity index (χ0v) is 11.3. The van der Waals surface area contributed by atoms with Crippen molar-refractivity contribution >= 4 is 5.91 Å². The van der Waals surface area contributed by atoms with Crippen LogP contribution in [0.4, 0.5) is 0 Å². The third kappa shape index (κ3) is 1.77. The second-order valence-corrected chi connectivity index (χ2v) is 6.83. The highest BCUT2D eigenvalue weighted by Gasteiger charge is 2.53. The molecule has 0 radical (unpaired) electrons. The molecule has 3 aliphatic rings. The fourth-order valence-electron chi connectivity index (χ4n) is 4.01. The molecule has 0 aromatic rings. The Morgan fingerprint density at radius 3 is 2.83 bits per heavy atom. The fraction of sp³-hybridized carbons (Fsp3) is 0.929. The first-order valence-electron chi connectivity index (χ1n) is 7.18. The number of hydrogen-bond acceptors (Lipinski definition) is 3. The molecule has 0 spiro atoms. The van der Waals surface area contributed by atoms with Gasteiger partial charge >= 0.3 is 0 Å². The quantitative estimate of drug-likeness (QED) is 0.772. The average molecular weight is 252 g/mol. The highest BCUT2D eigenvalue weighted by Crippen LogP contribution is 2.43. The highest BCUT2D eigenvalue weighted by atomic mass is 16.5. The van der Waals surface area contributed by atoms with E-state index >= 15 is 0 Å². The Morgan fingerprint density at radius 2 is 2.17 bits per heavy atom. The van der Waals surface area contributed by atoms with E-state index < -0.39 is 0 Å². The lowest BCUT2D eigenvalue weighted by atomic mass is 9.71. The van der Waals surface area contributed by atoms with Gasteiger partial charge in [0.25, 0.3) is 0 Å². The Hall–Kier alpha value is -0.610. The van der Waals surface area contributed by atoms with E-state index in [1.165, 1.54) is 0 Å². The summed E-state index contributed by atoms with van der Waals surface area (Å²) in [6.45, 7) is 5.18. The van der Waals surface area contributed by atoms with E-state index in [0.29, 0.717) is 5.92 Å². The molecule has 102 valence electrons. The normalized spacial score (nSPS) is 45.4. The minimum Gasteiger partial charge on any atom is -0.376 e. The number of ether oxygens (including phenoxy) is 1. The van der Waals surface area contributed by atoms with Crippen LogP contribution in [0.5, 0.6) is 0 Å². The molecule has 2 aliphatic carbocycles. The molecule has 5 unspecified atom stereocenters. The van der Waals surface area contributed by atoms with Crippen molar-refractivity contribution in [3.8, 4) is 0 Å². The number of carbonyl (C=O) groups is 1. The van der Waals surface area contributed by atoms with Gasteiger partial charge in [-0.3, -0.25) is 4.79 Å². The van der Waals surface area contributed by atoms with Crippen molar-refractivity contribution in [2.45, 2.75) is 57.7 Å². The van der Waals surface area contributed by atoms with Gasteiger partial charge in [0.15, 0.2) is 0 Å². The maximum absolute atomic E-state index is 12.4. The number of fused-ring (bicyclic) bond motifs is 1. The van der Waals surface area contributed by atoms with Crippen LogP contribution in [0.3, 0.4) is 0 Å². The lowest BCUT2D eigenvalue weighted by Gasteiger charge is -2.46. The summed E-state index contributed by atoms with van der Waals surface area (Å²) >= 11 is 0. The van der Waals surface area contributed by atoms with Gasteiger partial charge in [0.2, 0.25) is 5.91 Å². The molecule has 0 bridgehead atoms. The summed E-state index contributed by atoms with van der Waals surface area (Å²) < 4.78 is 5.66. The number of amides is 1. The Morgan fingerprint density at radius 1 is 1.39 bits per heavy atom. The van der Waals surface area contributed by atoms with Gasteiger partial charge in [-0.25, -0.2) is 0 Å². The Labute approximate surface area is 109 Å². The molecule has 3 N–H and O–H groups in total. The largest absolute Gasteiger partial charge is 0.376 e. The van der Waals surface area contributed by atoms with Gasteiger partial charge in [-0.1, -0.05) is 20.3 Å². The summed E-state index contributed by atoms with van der Waals surface area (Å²) in [6.07, 6.45) is 4.53. The van der Waals surface area contributed by atoms with Crippen LogP contribution in [0.2, 0.25) is 0 Å². The maximum Gasteiger partial charge on any atom is 0.224 e. The Balaban J connectivity index is 1.62. The van der Waals surface area contributed by atoms with Crippen LogP contribution in [0, 0.1) is 17.3 Å². The second-order valence-electron chi connectivity index (χ2n) is 6.83. The molecule has 1 aliphatic heterocycles. The third-order valence-electron chi connectivity index (χ3n) is 5.33. The molecular weight excluding hydrogens is 228 g/mol. The van der Waals surface area contributed by atoms with Crippen LogP contribution in [-0.4, -0.2) is 30.7 Å². The second kappa shape index (κ2) is 4.20. The molecule has 0 aromatic carbocycles. The molecule has 3 fully saturated rings. The summed E-state index contributed by atoms with van der Waals surface area (Å²) in [5.74, 6) is 0.795. The number of carbonyl (C=O) groups excluding carboxylic acids is 1. The van der Waals surface area contributed by atoms with Crippen molar-refractivity contribution < 1.29 is 9.53 Å². The smallest absolute Gasteiger partial charge is 0.224 e. The van der Waals surface area contributed by atoms with Gasteiger partial charge in [-0.05, 0) is 24.7 Å². The molecule has 2 saturated carbocycles. The van der Waals surface area contributed by atoms with Gasteiger partial charge in [-0.2, -0.15) is 0 Å². The summed E-state index contributed by atoms with van der Waals surface area (Å²) in [5.41, 5.74) is 6.26. The standard InChI is InChI=1S/C14H24N2O2/c1-14(2)6-3-4-9(14)13(17)16-11-10(15)8-5-7-18-12(8)11/h8-12H,3-7,15H2,1-2H3,(H,16,17). The molecule has 0 aromatic heterocycles. The van der Waals surface area contributed by atoms with Gasteiger partial charge in [0.1, 0.15) is 0 Å². The van der Waals surface area contributed by atoms with Gasteiger partial charge in [0.05, 0.1) is 12.1 Å². The summed E-state index contributed by atoms with van der Waals surface area (Å²) in [6, 6.07) is 0.132. The highest BCUT2D eigenvalue weighted by molar-refractivity contribution is 5.80. The van der Waals surface area contributed by atoms with Crippen LogP contribution in [0.25, 0.3) is 0 Å². The van der Waals surface area contributed by atoms with Crippen molar-refractivity contribution in [3.05, 3.63) is 0 Å². The number of rotatable bonds is 2. The van der Waals surface area contributed by atoms with Crippen molar-refractivity contribution in [3.63, 3.8) is 0 Å². The monoisotopic (exact) mass is 252 g/mol. The molecule has 1 amide bonds. The molecule has 3 rings (SSSR count). The van der Waals surface area contributed by atoms with Crippen LogP contribution in [-0.2, 0) is 9.53 Å². The predicted octanol–water partition coefficient (Wildman–Crippen LogP) is 1.04. The van der Waals surface area contributed by atoms with E-state index in [0.717, 1.165) is 32.3 Å².